The van der Waals surface area contributed by atoms with Gasteiger partial charge in [-0.3, -0.25) is 0 Å². The smallest absolute Gasteiger partial charge is 0.115 e. The lowest BCUT2D eigenvalue weighted by Gasteiger charge is -1.83. The maximum atomic E-state index is 4.04. The van der Waals surface area contributed by atoms with Gasteiger partial charge < -0.3 is 0 Å². The number of hydrogen-bond acceptors (Lipinski definition) is 1. The van der Waals surface area contributed by atoms with Crippen LogP contribution in [-0.4, -0.2) is 12.1 Å². The molecule has 0 spiro atoms. The van der Waals surface area contributed by atoms with Crippen molar-refractivity contribution in [2.24, 2.45) is 9.98 Å². The molecule has 2 nitrogen and oxygen atoms in total. The highest BCUT2D eigenvalue weighted by molar-refractivity contribution is 5.97. The Morgan fingerprint density at radius 1 is 1.18 bits per heavy atom. The van der Waals surface area contributed by atoms with Crippen LogP contribution in [-0.2, 0) is 0 Å². The second-order valence-electron chi connectivity index (χ2n) is 2.02. The zero-order chi connectivity index (χ0) is 8.53. The van der Waals surface area contributed by atoms with Crippen molar-refractivity contribution < 1.29 is 0 Å². The van der Waals surface area contributed by atoms with E-state index in [2.05, 4.69) is 9.98 Å². The molecule has 0 bridgehead atoms. The quantitative estimate of drug-likeness (QED) is 0.436. The van der Waals surface area contributed by atoms with Gasteiger partial charge in [0, 0.05) is 11.9 Å². The van der Waals surface area contributed by atoms with E-state index in [4.69, 9.17) is 0 Å². The van der Waals surface area contributed by atoms with Crippen LogP contribution in [0, 0.1) is 0 Å². The first kappa shape index (κ1) is 9.82. The Morgan fingerprint density at radius 3 is 2.45 bits per heavy atom. The summed E-state index contributed by atoms with van der Waals surface area (Å²) in [6.07, 6.45) is 8.98. The first-order valence-corrected chi connectivity index (χ1v) is 3.61. The minimum absolute atomic E-state index is 0.959. The van der Waals surface area contributed by atoms with Crippen molar-refractivity contribution >= 4 is 12.1 Å². The second kappa shape index (κ2) is 6.93. The zero-order valence-electron chi connectivity index (χ0n) is 7.28. The summed E-state index contributed by atoms with van der Waals surface area (Å²) in [6.45, 7) is 5.81. The average molecular weight is 150 g/mol. The van der Waals surface area contributed by atoms with Crippen LogP contribution in [0.3, 0.4) is 0 Å². The fourth-order valence-corrected chi connectivity index (χ4v) is 0.533. The lowest BCUT2D eigenvalue weighted by molar-refractivity contribution is 1.51. The third kappa shape index (κ3) is 6.71. The van der Waals surface area contributed by atoms with Crippen molar-refractivity contribution in [3.05, 3.63) is 24.4 Å². The molecule has 0 aliphatic heterocycles. The number of nitrogens with zero attached hydrogens (tertiary/aromatic N) is 2. The molecule has 0 saturated heterocycles. The third-order valence-electron chi connectivity index (χ3n) is 0.971. The number of allylic oxidation sites excluding steroid dienone is 3. The van der Waals surface area contributed by atoms with Gasteiger partial charge in [-0.05, 0) is 26.8 Å². The van der Waals surface area contributed by atoms with Crippen molar-refractivity contribution in [1.29, 1.82) is 0 Å². The molecule has 0 aromatic carbocycles. The van der Waals surface area contributed by atoms with E-state index in [1.165, 1.54) is 6.34 Å². The molecule has 0 aromatic rings. The highest BCUT2D eigenvalue weighted by Gasteiger charge is 1.75. The molecular weight excluding hydrogens is 136 g/mol. The molecule has 60 valence electrons. The summed E-state index contributed by atoms with van der Waals surface area (Å²) in [7, 11) is 0. The topological polar surface area (TPSA) is 24.7 Å². The van der Waals surface area contributed by atoms with E-state index in [1.807, 2.05) is 39.0 Å². The van der Waals surface area contributed by atoms with Crippen LogP contribution < -0.4 is 0 Å². The summed E-state index contributed by atoms with van der Waals surface area (Å²) in [4.78, 5) is 7.92. The van der Waals surface area contributed by atoms with Gasteiger partial charge >= 0.3 is 0 Å². The lowest BCUT2D eigenvalue weighted by atomic mass is 10.4. The lowest BCUT2D eigenvalue weighted by Crippen LogP contribution is -1.82. The molecular formula is C9H14N2. The van der Waals surface area contributed by atoms with E-state index in [0.29, 0.717) is 0 Å². The molecule has 2 heteroatoms. The third-order valence-corrected chi connectivity index (χ3v) is 0.971. The maximum Gasteiger partial charge on any atom is 0.115 e. The summed E-state index contributed by atoms with van der Waals surface area (Å²) in [6, 6.07) is 0. The molecule has 0 heterocycles. The van der Waals surface area contributed by atoms with Gasteiger partial charge in [-0.25, -0.2) is 9.98 Å². The van der Waals surface area contributed by atoms with Gasteiger partial charge in [-0.15, -0.1) is 0 Å². The van der Waals surface area contributed by atoms with Crippen LogP contribution in [0.2, 0.25) is 0 Å². The zero-order valence-corrected chi connectivity index (χ0v) is 7.28. The summed E-state index contributed by atoms with van der Waals surface area (Å²) < 4.78 is 0. The Morgan fingerprint density at radius 2 is 1.91 bits per heavy atom. The fraction of sp³-hybridized carbons (Fsp3) is 0.333. The largest absolute Gasteiger partial charge is 0.245 e. The van der Waals surface area contributed by atoms with Crippen molar-refractivity contribution in [2.75, 3.05) is 0 Å². The second-order valence-corrected chi connectivity index (χ2v) is 2.02. The fourth-order valence-electron chi connectivity index (χ4n) is 0.533. The van der Waals surface area contributed by atoms with Crippen molar-refractivity contribution in [1.82, 2.24) is 0 Å². The van der Waals surface area contributed by atoms with Crippen LogP contribution in [0.5, 0.6) is 0 Å². The van der Waals surface area contributed by atoms with E-state index in [-0.39, 0.29) is 0 Å². The van der Waals surface area contributed by atoms with Gasteiger partial charge in [-0.1, -0.05) is 12.2 Å². The molecule has 0 unspecified atom stereocenters. The average Bonchev–Trinajstić information content (AvgIpc) is 1.99. The van der Waals surface area contributed by atoms with Gasteiger partial charge in [0.05, 0.1) is 0 Å². The highest BCUT2D eigenvalue weighted by Crippen LogP contribution is 1.79. The van der Waals surface area contributed by atoms with Gasteiger partial charge in [0.1, 0.15) is 6.34 Å². The number of aliphatic imine (C=N–C) groups is 2. The van der Waals surface area contributed by atoms with Gasteiger partial charge in [0.2, 0.25) is 0 Å². The monoisotopic (exact) mass is 150 g/mol. The predicted octanol–water partition coefficient (Wildman–Crippen LogP) is 2.59. The Balaban J connectivity index is 3.90. The van der Waals surface area contributed by atoms with E-state index in [1.54, 1.807) is 6.20 Å². The van der Waals surface area contributed by atoms with Gasteiger partial charge in [-0.2, -0.15) is 0 Å². The Kier molecular flexibility index (Phi) is 6.19. The highest BCUT2D eigenvalue weighted by atomic mass is 14.8. The maximum absolute atomic E-state index is 4.04. The summed E-state index contributed by atoms with van der Waals surface area (Å²) in [5.74, 6) is 0. The van der Waals surface area contributed by atoms with E-state index in [9.17, 15) is 0 Å². The molecule has 0 fully saturated rings. The molecule has 0 aliphatic carbocycles. The van der Waals surface area contributed by atoms with Crippen LogP contribution in [0.4, 0.5) is 0 Å². The standard InChI is InChI=1S/C9H14N2/c1-4-6-9(3)11-8-10-7-5-2/h4-8H,1-3H3/b6-4-,7-5+,10-8?,11-9?. The van der Waals surface area contributed by atoms with Gasteiger partial charge in [0.15, 0.2) is 0 Å². The molecule has 0 radical (unpaired) electrons. The summed E-state index contributed by atoms with van der Waals surface area (Å²) in [5.41, 5.74) is 0.959. The van der Waals surface area contributed by atoms with Crippen LogP contribution >= 0.6 is 0 Å². The van der Waals surface area contributed by atoms with Crippen molar-refractivity contribution in [3.8, 4) is 0 Å². The van der Waals surface area contributed by atoms with Crippen molar-refractivity contribution in [2.45, 2.75) is 20.8 Å². The first-order valence-electron chi connectivity index (χ1n) is 3.61. The van der Waals surface area contributed by atoms with Gasteiger partial charge in [0.25, 0.3) is 0 Å². The Bertz CT molecular complexity index is 198. The molecule has 0 aromatic heterocycles. The Labute approximate surface area is 68.1 Å². The summed E-state index contributed by atoms with van der Waals surface area (Å²) in [5, 5.41) is 0. The minimum atomic E-state index is 0.959. The first-order chi connectivity index (χ1) is 5.31. The molecule has 0 aliphatic rings. The molecule has 11 heavy (non-hydrogen) atoms. The van der Waals surface area contributed by atoms with Crippen LogP contribution in [0.25, 0.3) is 0 Å². The molecule has 0 saturated carbocycles. The molecule has 0 atom stereocenters. The molecule has 0 rings (SSSR count). The van der Waals surface area contributed by atoms with E-state index < -0.39 is 0 Å². The van der Waals surface area contributed by atoms with Crippen molar-refractivity contribution in [3.63, 3.8) is 0 Å². The molecule has 0 N–H and O–H groups in total. The van der Waals surface area contributed by atoms with E-state index >= 15 is 0 Å². The molecule has 0 amide bonds. The predicted molar refractivity (Wildman–Crippen MR) is 51.2 cm³/mol. The Hall–Kier alpha value is -1.18. The summed E-state index contributed by atoms with van der Waals surface area (Å²) >= 11 is 0. The normalized spacial score (nSPS) is 14.3. The van der Waals surface area contributed by atoms with E-state index in [0.717, 1.165) is 5.71 Å². The SMILES string of the molecule is C/C=C\C(C)=NC=N/C=C/C. The van der Waals surface area contributed by atoms with Crippen LogP contribution in [0.1, 0.15) is 20.8 Å². The number of hydrogen-bond donors (Lipinski definition) is 0. The minimum Gasteiger partial charge on any atom is -0.245 e. The number of rotatable bonds is 3. The van der Waals surface area contributed by atoms with Crippen LogP contribution in [0.15, 0.2) is 34.4 Å².